The maximum Gasteiger partial charge on any atom is 0.244 e. The van der Waals surface area contributed by atoms with E-state index >= 15 is 0 Å². The van der Waals surface area contributed by atoms with Crippen LogP contribution in [0, 0.1) is 6.92 Å². The van der Waals surface area contributed by atoms with Crippen LogP contribution in [0.25, 0.3) is 17.0 Å². The number of para-hydroxylation sites is 1. The summed E-state index contributed by atoms with van der Waals surface area (Å²) >= 11 is 0. The van der Waals surface area contributed by atoms with E-state index < -0.39 is 0 Å². The van der Waals surface area contributed by atoms with Gasteiger partial charge in [-0.2, -0.15) is 0 Å². The van der Waals surface area contributed by atoms with E-state index in [-0.39, 0.29) is 5.91 Å². The number of nitrogens with zero attached hydrogens (tertiary/aromatic N) is 1. The number of nitrogens with one attached hydrogen (secondary N) is 1. The molecule has 0 radical (unpaired) electrons. The van der Waals surface area contributed by atoms with Crippen LogP contribution >= 0.6 is 0 Å². The van der Waals surface area contributed by atoms with Crippen LogP contribution in [0.15, 0.2) is 60.7 Å². The van der Waals surface area contributed by atoms with Gasteiger partial charge in [0, 0.05) is 30.4 Å². The minimum absolute atomic E-state index is 0.0927. The molecule has 128 valence electrons. The molecule has 0 atom stereocenters. The third-order valence-corrected chi connectivity index (χ3v) is 4.20. The molecule has 0 aliphatic heterocycles. The van der Waals surface area contributed by atoms with Gasteiger partial charge >= 0.3 is 0 Å². The lowest BCUT2D eigenvalue weighted by molar-refractivity contribution is -0.116. The molecule has 0 aliphatic carbocycles. The number of benzene rings is 2. The SMILES string of the molecule is COc1ccc(C=CC(=O)NCCn2c(C)cc3ccccc32)cc1. The first-order chi connectivity index (χ1) is 12.2. The van der Waals surface area contributed by atoms with Gasteiger partial charge in [-0.05, 0) is 48.2 Å². The van der Waals surface area contributed by atoms with Gasteiger partial charge in [-0.25, -0.2) is 0 Å². The van der Waals surface area contributed by atoms with Crippen molar-refractivity contribution in [1.29, 1.82) is 0 Å². The fraction of sp³-hybridized carbons (Fsp3) is 0.190. The van der Waals surface area contributed by atoms with Crippen molar-refractivity contribution >= 4 is 22.9 Å². The molecule has 0 saturated carbocycles. The summed E-state index contributed by atoms with van der Waals surface area (Å²) in [5.41, 5.74) is 3.36. The molecule has 0 aliphatic rings. The van der Waals surface area contributed by atoms with Crippen LogP contribution in [0.4, 0.5) is 0 Å². The van der Waals surface area contributed by atoms with Crippen molar-refractivity contribution in [2.45, 2.75) is 13.5 Å². The van der Waals surface area contributed by atoms with Crippen LogP contribution < -0.4 is 10.1 Å². The summed E-state index contributed by atoms with van der Waals surface area (Å²) in [5, 5.41) is 4.16. The summed E-state index contributed by atoms with van der Waals surface area (Å²) in [5.74, 6) is 0.709. The fourth-order valence-corrected chi connectivity index (χ4v) is 2.88. The molecule has 1 heterocycles. The minimum Gasteiger partial charge on any atom is -0.497 e. The number of fused-ring (bicyclic) bond motifs is 1. The first kappa shape index (κ1) is 16.8. The van der Waals surface area contributed by atoms with Gasteiger partial charge in [0.05, 0.1) is 7.11 Å². The summed E-state index contributed by atoms with van der Waals surface area (Å²) in [4.78, 5) is 12.0. The van der Waals surface area contributed by atoms with Crippen molar-refractivity contribution < 1.29 is 9.53 Å². The number of amides is 1. The summed E-state index contributed by atoms with van der Waals surface area (Å²) in [6.07, 6.45) is 3.35. The number of ether oxygens (including phenoxy) is 1. The van der Waals surface area contributed by atoms with Gasteiger partial charge in [0.2, 0.25) is 5.91 Å². The maximum absolute atomic E-state index is 12.0. The fourth-order valence-electron chi connectivity index (χ4n) is 2.88. The van der Waals surface area contributed by atoms with Gasteiger partial charge in [-0.3, -0.25) is 4.79 Å². The molecule has 1 amide bonds. The standard InChI is InChI=1S/C21H22N2O2/c1-16-15-18-5-3-4-6-20(18)23(16)14-13-22-21(24)12-9-17-7-10-19(25-2)11-8-17/h3-12,15H,13-14H2,1-2H3,(H,22,24). The zero-order chi connectivity index (χ0) is 17.6. The zero-order valence-corrected chi connectivity index (χ0v) is 14.5. The van der Waals surface area contributed by atoms with Crippen LogP contribution in [-0.4, -0.2) is 24.1 Å². The van der Waals surface area contributed by atoms with E-state index in [9.17, 15) is 4.79 Å². The Morgan fingerprint density at radius 3 is 2.68 bits per heavy atom. The zero-order valence-electron chi connectivity index (χ0n) is 14.5. The number of hydrogen-bond donors (Lipinski definition) is 1. The van der Waals surface area contributed by atoms with Gasteiger partial charge in [-0.1, -0.05) is 30.3 Å². The molecule has 3 aromatic rings. The Bertz CT molecular complexity index is 892. The molecule has 2 aromatic carbocycles. The largest absolute Gasteiger partial charge is 0.497 e. The van der Waals surface area contributed by atoms with Crippen LogP contribution in [0.2, 0.25) is 0 Å². The van der Waals surface area contributed by atoms with E-state index in [0.29, 0.717) is 6.54 Å². The lowest BCUT2D eigenvalue weighted by atomic mass is 10.2. The van der Waals surface area contributed by atoms with E-state index in [2.05, 4.69) is 35.0 Å². The monoisotopic (exact) mass is 334 g/mol. The third kappa shape index (κ3) is 4.10. The van der Waals surface area contributed by atoms with E-state index in [1.165, 1.54) is 16.6 Å². The van der Waals surface area contributed by atoms with Crippen LogP contribution in [-0.2, 0) is 11.3 Å². The molecule has 4 heteroatoms. The molecule has 0 spiro atoms. The Kier molecular flexibility index (Phi) is 5.19. The molecule has 1 aromatic heterocycles. The van der Waals surface area contributed by atoms with E-state index in [1.807, 2.05) is 36.4 Å². The Balaban J connectivity index is 1.55. The average molecular weight is 334 g/mol. The molecule has 25 heavy (non-hydrogen) atoms. The van der Waals surface area contributed by atoms with Gasteiger partial charge in [0.1, 0.15) is 5.75 Å². The number of rotatable bonds is 6. The Labute approximate surface area is 147 Å². The topological polar surface area (TPSA) is 43.3 Å². The molecule has 0 saturated heterocycles. The second-order valence-electron chi connectivity index (χ2n) is 5.89. The van der Waals surface area contributed by atoms with E-state index in [4.69, 9.17) is 4.74 Å². The highest BCUT2D eigenvalue weighted by atomic mass is 16.5. The predicted molar refractivity (Wildman–Crippen MR) is 102 cm³/mol. The summed E-state index contributed by atoms with van der Waals surface area (Å²) in [6, 6.07) is 18.0. The smallest absolute Gasteiger partial charge is 0.244 e. The molecule has 3 rings (SSSR count). The highest BCUT2D eigenvalue weighted by Gasteiger charge is 2.04. The Morgan fingerprint density at radius 2 is 1.92 bits per heavy atom. The Morgan fingerprint density at radius 1 is 1.16 bits per heavy atom. The van der Waals surface area contributed by atoms with Crippen molar-refractivity contribution in [3.63, 3.8) is 0 Å². The van der Waals surface area contributed by atoms with Gasteiger partial charge in [-0.15, -0.1) is 0 Å². The van der Waals surface area contributed by atoms with Crippen LogP contribution in [0.5, 0.6) is 5.75 Å². The molecule has 1 N–H and O–H groups in total. The molecule has 0 fully saturated rings. The quantitative estimate of drug-likeness (QED) is 0.697. The van der Waals surface area contributed by atoms with Gasteiger partial charge in [0.15, 0.2) is 0 Å². The van der Waals surface area contributed by atoms with Gasteiger partial charge in [0.25, 0.3) is 0 Å². The maximum atomic E-state index is 12.0. The summed E-state index contributed by atoms with van der Waals surface area (Å²) < 4.78 is 7.34. The number of aryl methyl sites for hydroxylation is 1. The summed E-state index contributed by atoms with van der Waals surface area (Å²) in [6.45, 7) is 3.43. The minimum atomic E-state index is -0.0927. The highest BCUT2D eigenvalue weighted by Crippen LogP contribution is 2.18. The van der Waals surface area contributed by atoms with Crippen LogP contribution in [0.1, 0.15) is 11.3 Å². The highest BCUT2D eigenvalue weighted by molar-refractivity contribution is 5.91. The number of carbonyl (C=O) groups excluding carboxylic acids is 1. The van der Waals surface area contributed by atoms with E-state index in [0.717, 1.165) is 17.9 Å². The lowest BCUT2D eigenvalue weighted by Crippen LogP contribution is -2.25. The first-order valence-electron chi connectivity index (χ1n) is 8.32. The summed E-state index contributed by atoms with van der Waals surface area (Å²) in [7, 11) is 1.63. The lowest BCUT2D eigenvalue weighted by Gasteiger charge is -2.08. The van der Waals surface area contributed by atoms with Crippen LogP contribution in [0.3, 0.4) is 0 Å². The number of aromatic nitrogens is 1. The number of carbonyl (C=O) groups is 1. The predicted octanol–water partition coefficient (Wildman–Crippen LogP) is 3.79. The van der Waals surface area contributed by atoms with Crippen molar-refractivity contribution in [1.82, 2.24) is 9.88 Å². The van der Waals surface area contributed by atoms with Crippen molar-refractivity contribution in [3.8, 4) is 5.75 Å². The molecule has 0 unspecified atom stereocenters. The first-order valence-corrected chi connectivity index (χ1v) is 8.32. The Hall–Kier alpha value is -3.01. The molecule has 4 nitrogen and oxygen atoms in total. The molecular weight excluding hydrogens is 312 g/mol. The number of methoxy groups -OCH3 is 1. The normalized spacial score (nSPS) is 11.1. The number of hydrogen-bond acceptors (Lipinski definition) is 2. The van der Waals surface area contributed by atoms with Gasteiger partial charge < -0.3 is 14.6 Å². The average Bonchev–Trinajstić information content (AvgIpc) is 2.96. The van der Waals surface area contributed by atoms with Crippen molar-refractivity contribution in [2.24, 2.45) is 0 Å². The second-order valence-corrected chi connectivity index (χ2v) is 5.89. The van der Waals surface area contributed by atoms with Crippen molar-refractivity contribution in [3.05, 3.63) is 71.9 Å². The molecular formula is C21H22N2O2. The second kappa shape index (κ2) is 7.71. The van der Waals surface area contributed by atoms with Crippen molar-refractivity contribution in [2.75, 3.05) is 13.7 Å². The molecule has 0 bridgehead atoms. The van der Waals surface area contributed by atoms with E-state index in [1.54, 1.807) is 19.3 Å². The third-order valence-electron chi connectivity index (χ3n) is 4.20.